The highest BCUT2D eigenvalue weighted by molar-refractivity contribution is 7.09. The van der Waals surface area contributed by atoms with Gasteiger partial charge in [0.25, 0.3) is 0 Å². The molecule has 0 aliphatic carbocycles. The molecule has 5 heteroatoms. The number of nitrogens with zero attached hydrogens (tertiary/aromatic N) is 1. The molecule has 2 heterocycles. The summed E-state index contributed by atoms with van der Waals surface area (Å²) in [5.41, 5.74) is 0. The summed E-state index contributed by atoms with van der Waals surface area (Å²) in [6.45, 7) is 0.728. The molecule has 21 heavy (non-hydrogen) atoms. The number of amides is 1. The molecule has 1 saturated heterocycles. The highest BCUT2D eigenvalue weighted by atomic mass is 32.1. The van der Waals surface area contributed by atoms with E-state index in [4.69, 9.17) is 5.11 Å². The van der Waals surface area contributed by atoms with Crippen LogP contribution in [0.25, 0.3) is 0 Å². The van der Waals surface area contributed by atoms with Crippen molar-refractivity contribution in [2.45, 2.75) is 57.4 Å². The van der Waals surface area contributed by atoms with Crippen molar-refractivity contribution in [1.82, 2.24) is 4.90 Å². The third-order valence-electron chi connectivity index (χ3n) is 4.00. The lowest BCUT2D eigenvalue weighted by atomic mass is 10.1. The Labute approximate surface area is 129 Å². The molecule has 1 N–H and O–H groups in total. The zero-order valence-electron chi connectivity index (χ0n) is 12.3. The Morgan fingerprint density at radius 1 is 1.33 bits per heavy atom. The quantitative estimate of drug-likeness (QED) is 0.749. The molecule has 116 valence electrons. The van der Waals surface area contributed by atoms with E-state index < -0.39 is 5.97 Å². The van der Waals surface area contributed by atoms with Crippen LogP contribution < -0.4 is 0 Å². The van der Waals surface area contributed by atoms with E-state index in [1.807, 2.05) is 0 Å². The molecule has 0 radical (unpaired) electrons. The zero-order chi connectivity index (χ0) is 15.1. The first kappa shape index (κ1) is 16.0. The van der Waals surface area contributed by atoms with Gasteiger partial charge in [-0.3, -0.25) is 9.59 Å². The van der Waals surface area contributed by atoms with Crippen molar-refractivity contribution in [2.24, 2.45) is 0 Å². The van der Waals surface area contributed by atoms with Gasteiger partial charge in [-0.05, 0) is 43.6 Å². The van der Waals surface area contributed by atoms with E-state index in [1.165, 1.54) is 4.88 Å². The molecule has 1 aliphatic rings. The standard InChI is InChI=1S/C16H23NO3S/c18-15(17-10-4-6-13(17)12-16(19)20)9-3-1-2-7-14-8-5-11-21-14/h5,8,11,13H,1-4,6-7,9-10,12H2,(H,19,20). The fourth-order valence-corrected chi connectivity index (χ4v) is 3.68. The summed E-state index contributed by atoms with van der Waals surface area (Å²) in [4.78, 5) is 26.2. The molecule has 1 aromatic heterocycles. The molecule has 0 aromatic carbocycles. The van der Waals surface area contributed by atoms with Gasteiger partial charge in [-0.25, -0.2) is 0 Å². The van der Waals surface area contributed by atoms with Gasteiger partial charge in [0.1, 0.15) is 0 Å². The van der Waals surface area contributed by atoms with Crippen molar-refractivity contribution in [3.63, 3.8) is 0 Å². The van der Waals surface area contributed by atoms with Crippen LogP contribution in [0.4, 0.5) is 0 Å². The Hall–Kier alpha value is -1.36. The number of carboxylic acid groups (broad SMARTS) is 1. The van der Waals surface area contributed by atoms with Gasteiger partial charge in [-0.1, -0.05) is 12.5 Å². The summed E-state index contributed by atoms with van der Waals surface area (Å²) in [6.07, 6.45) is 6.58. The van der Waals surface area contributed by atoms with E-state index in [0.717, 1.165) is 45.1 Å². The van der Waals surface area contributed by atoms with Crippen LogP contribution in [-0.4, -0.2) is 34.5 Å². The topological polar surface area (TPSA) is 57.6 Å². The monoisotopic (exact) mass is 309 g/mol. The van der Waals surface area contributed by atoms with E-state index in [2.05, 4.69) is 17.5 Å². The molecule has 4 nitrogen and oxygen atoms in total. The lowest BCUT2D eigenvalue weighted by Crippen LogP contribution is -2.36. The van der Waals surface area contributed by atoms with Gasteiger partial charge < -0.3 is 10.0 Å². The molecule has 1 aromatic rings. The summed E-state index contributed by atoms with van der Waals surface area (Å²) >= 11 is 1.78. The van der Waals surface area contributed by atoms with Crippen LogP contribution >= 0.6 is 11.3 Å². The van der Waals surface area contributed by atoms with E-state index in [9.17, 15) is 9.59 Å². The van der Waals surface area contributed by atoms with Crippen LogP contribution in [0.1, 0.15) is 49.8 Å². The second-order valence-electron chi connectivity index (χ2n) is 5.62. The lowest BCUT2D eigenvalue weighted by molar-refractivity contribution is -0.139. The van der Waals surface area contributed by atoms with Crippen LogP contribution in [0.15, 0.2) is 17.5 Å². The molecule has 1 unspecified atom stereocenters. The first-order valence-electron chi connectivity index (χ1n) is 7.70. The van der Waals surface area contributed by atoms with Crippen molar-refractivity contribution in [3.8, 4) is 0 Å². The lowest BCUT2D eigenvalue weighted by Gasteiger charge is -2.23. The minimum absolute atomic E-state index is 0.0823. The van der Waals surface area contributed by atoms with Gasteiger partial charge in [0, 0.05) is 23.9 Å². The number of unbranched alkanes of at least 4 members (excludes halogenated alkanes) is 2. The Morgan fingerprint density at radius 3 is 2.90 bits per heavy atom. The minimum Gasteiger partial charge on any atom is -0.481 e. The summed E-state index contributed by atoms with van der Waals surface area (Å²) in [5, 5.41) is 11.0. The van der Waals surface area contributed by atoms with Gasteiger partial charge in [-0.15, -0.1) is 11.3 Å². The molecule has 0 spiro atoms. The molecule has 2 rings (SSSR count). The first-order chi connectivity index (χ1) is 10.2. The van der Waals surface area contributed by atoms with E-state index in [1.54, 1.807) is 16.2 Å². The number of thiophene rings is 1. The predicted molar refractivity (Wildman–Crippen MR) is 83.5 cm³/mol. The van der Waals surface area contributed by atoms with E-state index in [-0.39, 0.29) is 18.4 Å². The van der Waals surface area contributed by atoms with Crippen molar-refractivity contribution < 1.29 is 14.7 Å². The van der Waals surface area contributed by atoms with E-state index in [0.29, 0.717) is 6.42 Å². The number of likely N-dealkylation sites (tertiary alicyclic amines) is 1. The fraction of sp³-hybridized carbons (Fsp3) is 0.625. The maximum atomic E-state index is 12.2. The molecule has 0 bridgehead atoms. The van der Waals surface area contributed by atoms with Crippen LogP contribution in [-0.2, 0) is 16.0 Å². The number of carboxylic acids is 1. The normalized spacial score (nSPS) is 18.1. The molecule has 1 amide bonds. The number of rotatable bonds is 8. The number of aliphatic carboxylic acids is 1. The number of aryl methyl sites for hydroxylation is 1. The minimum atomic E-state index is -0.810. The number of hydrogen-bond acceptors (Lipinski definition) is 3. The van der Waals surface area contributed by atoms with E-state index >= 15 is 0 Å². The number of carbonyl (C=O) groups is 2. The summed E-state index contributed by atoms with van der Waals surface area (Å²) in [6, 6.07) is 4.14. The average Bonchev–Trinajstić information content (AvgIpc) is 3.08. The smallest absolute Gasteiger partial charge is 0.305 e. The Bertz CT molecular complexity index is 458. The largest absolute Gasteiger partial charge is 0.481 e. The molecule has 0 saturated carbocycles. The number of carbonyl (C=O) groups excluding carboxylic acids is 1. The third-order valence-corrected chi connectivity index (χ3v) is 4.94. The van der Waals surface area contributed by atoms with Crippen molar-refractivity contribution in [2.75, 3.05) is 6.54 Å². The van der Waals surface area contributed by atoms with Gasteiger partial charge in [-0.2, -0.15) is 0 Å². The van der Waals surface area contributed by atoms with Crippen molar-refractivity contribution in [3.05, 3.63) is 22.4 Å². The second-order valence-corrected chi connectivity index (χ2v) is 6.65. The second kappa shape index (κ2) is 8.17. The molecular formula is C16H23NO3S. The van der Waals surface area contributed by atoms with Gasteiger partial charge in [0.2, 0.25) is 5.91 Å². The van der Waals surface area contributed by atoms with Crippen LogP contribution in [0.3, 0.4) is 0 Å². The summed E-state index contributed by atoms with van der Waals surface area (Å²) in [7, 11) is 0. The Morgan fingerprint density at radius 2 is 2.19 bits per heavy atom. The third kappa shape index (κ3) is 5.16. The summed E-state index contributed by atoms with van der Waals surface area (Å²) in [5.74, 6) is -0.675. The molecule has 1 fully saturated rings. The highest BCUT2D eigenvalue weighted by Gasteiger charge is 2.29. The predicted octanol–water partition coefficient (Wildman–Crippen LogP) is 3.32. The average molecular weight is 309 g/mol. The maximum absolute atomic E-state index is 12.2. The zero-order valence-corrected chi connectivity index (χ0v) is 13.1. The molecule has 1 aliphatic heterocycles. The van der Waals surface area contributed by atoms with Crippen LogP contribution in [0.2, 0.25) is 0 Å². The Balaban J connectivity index is 1.63. The van der Waals surface area contributed by atoms with Crippen LogP contribution in [0, 0.1) is 0 Å². The first-order valence-corrected chi connectivity index (χ1v) is 8.58. The fourth-order valence-electron chi connectivity index (χ4n) is 2.93. The highest BCUT2D eigenvalue weighted by Crippen LogP contribution is 2.22. The van der Waals surface area contributed by atoms with Crippen LogP contribution in [0.5, 0.6) is 0 Å². The molecular weight excluding hydrogens is 286 g/mol. The Kier molecular flexibility index (Phi) is 6.23. The maximum Gasteiger partial charge on any atom is 0.305 e. The van der Waals surface area contributed by atoms with Gasteiger partial charge in [0.15, 0.2) is 0 Å². The summed E-state index contributed by atoms with van der Waals surface area (Å²) < 4.78 is 0. The van der Waals surface area contributed by atoms with Gasteiger partial charge >= 0.3 is 5.97 Å². The van der Waals surface area contributed by atoms with Gasteiger partial charge in [0.05, 0.1) is 6.42 Å². The van der Waals surface area contributed by atoms with Crippen molar-refractivity contribution in [1.29, 1.82) is 0 Å². The molecule has 1 atom stereocenters. The SMILES string of the molecule is O=C(O)CC1CCCN1C(=O)CCCCCc1cccs1. The van der Waals surface area contributed by atoms with Crippen molar-refractivity contribution >= 4 is 23.2 Å². The number of hydrogen-bond donors (Lipinski definition) is 1.